The molecule has 0 saturated carbocycles. The van der Waals surface area contributed by atoms with E-state index in [0.717, 1.165) is 22.4 Å². The lowest BCUT2D eigenvalue weighted by atomic mass is 10.0. The Kier molecular flexibility index (Phi) is 3.49. The first-order valence-corrected chi connectivity index (χ1v) is 7.67. The highest BCUT2D eigenvalue weighted by molar-refractivity contribution is 5.79. The van der Waals surface area contributed by atoms with Gasteiger partial charge in [0.2, 0.25) is 0 Å². The minimum atomic E-state index is 0.873. The van der Waals surface area contributed by atoms with Crippen molar-refractivity contribution in [3.05, 3.63) is 90.3 Å². The van der Waals surface area contributed by atoms with Crippen LogP contribution < -0.4 is 0 Å². The zero-order valence-electron chi connectivity index (χ0n) is 12.6. The van der Waals surface area contributed by atoms with Gasteiger partial charge in [-0.2, -0.15) is 0 Å². The van der Waals surface area contributed by atoms with Gasteiger partial charge >= 0.3 is 0 Å². The summed E-state index contributed by atoms with van der Waals surface area (Å²) in [5.74, 6) is 0.873. The summed E-state index contributed by atoms with van der Waals surface area (Å²) in [6, 6.07) is 27.0. The number of H-pyrrole nitrogens is 1. The van der Waals surface area contributed by atoms with Crippen LogP contribution in [0, 0.1) is 0 Å². The summed E-state index contributed by atoms with van der Waals surface area (Å²) in [6.07, 6.45) is 4.09. The second-order valence-corrected chi connectivity index (χ2v) is 5.46. The molecule has 0 bridgehead atoms. The zero-order valence-corrected chi connectivity index (χ0v) is 12.6. The maximum absolute atomic E-state index is 4.55. The van der Waals surface area contributed by atoms with Crippen LogP contribution in [0.25, 0.3) is 34.3 Å². The van der Waals surface area contributed by atoms with Gasteiger partial charge in [0.25, 0.3) is 0 Å². The number of benzene rings is 3. The summed E-state index contributed by atoms with van der Waals surface area (Å²) in [4.78, 5) is 7.86. The van der Waals surface area contributed by atoms with Gasteiger partial charge < -0.3 is 4.98 Å². The quantitative estimate of drug-likeness (QED) is 0.538. The Balaban J connectivity index is 1.56. The van der Waals surface area contributed by atoms with Crippen molar-refractivity contribution in [2.24, 2.45) is 0 Å². The molecule has 0 saturated heterocycles. The molecular weight excluding hydrogens is 280 g/mol. The molecule has 0 amide bonds. The number of aromatic nitrogens is 2. The van der Waals surface area contributed by atoms with Crippen LogP contribution in [0.1, 0.15) is 11.4 Å². The van der Waals surface area contributed by atoms with Gasteiger partial charge in [0.1, 0.15) is 5.82 Å². The van der Waals surface area contributed by atoms with E-state index in [1.807, 2.05) is 36.4 Å². The van der Waals surface area contributed by atoms with Crippen molar-refractivity contribution in [1.82, 2.24) is 9.97 Å². The first-order valence-electron chi connectivity index (χ1n) is 7.67. The Hall–Kier alpha value is -3.13. The highest BCUT2D eigenvalue weighted by Crippen LogP contribution is 2.20. The number of hydrogen-bond acceptors (Lipinski definition) is 1. The third kappa shape index (κ3) is 2.92. The molecule has 0 aliphatic heterocycles. The summed E-state index contributed by atoms with van der Waals surface area (Å²) in [5.41, 5.74) is 5.68. The smallest absolute Gasteiger partial charge is 0.131 e. The normalized spacial score (nSPS) is 11.3. The monoisotopic (exact) mass is 296 g/mol. The van der Waals surface area contributed by atoms with Crippen molar-refractivity contribution >= 4 is 23.2 Å². The molecule has 4 aromatic rings. The van der Waals surface area contributed by atoms with Crippen molar-refractivity contribution in [2.45, 2.75) is 0 Å². The van der Waals surface area contributed by atoms with E-state index in [0.29, 0.717) is 0 Å². The molecule has 0 radical (unpaired) electrons. The number of nitrogens with zero attached hydrogens (tertiary/aromatic N) is 1. The van der Waals surface area contributed by atoms with Crippen LogP contribution in [-0.4, -0.2) is 9.97 Å². The number of fused-ring (bicyclic) bond motifs is 1. The van der Waals surface area contributed by atoms with Gasteiger partial charge in [-0.3, -0.25) is 0 Å². The van der Waals surface area contributed by atoms with E-state index in [1.165, 1.54) is 11.1 Å². The Morgan fingerprint density at radius 1 is 0.652 bits per heavy atom. The van der Waals surface area contributed by atoms with Crippen LogP contribution in [-0.2, 0) is 0 Å². The minimum absolute atomic E-state index is 0.873. The zero-order chi connectivity index (χ0) is 15.5. The molecule has 0 fully saturated rings. The van der Waals surface area contributed by atoms with Gasteiger partial charge in [-0.05, 0) is 34.9 Å². The molecule has 0 aliphatic rings. The molecule has 1 heterocycles. The van der Waals surface area contributed by atoms with Gasteiger partial charge in [0.05, 0.1) is 11.0 Å². The molecule has 0 spiro atoms. The third-order valence-corrected chi connectivity index (χ3v) is 3.86. The summed E-state index contributed by atoms with van der Waals surface area (Å²) < 4.78 is 0. The molecule has 4 rings (SSSR count). The standard InChI is InChI=1S/C21H16N2/c1-2-6-17(7-3-1)18-13-10-16(11-14-18)12-15-21-22-19-8-4-5-9-20(19)23-21/h1-15H,(H,22,23)/b15-12+. The fraction of sp³-hybridized carbons (Fsp3) is 0. The lowest BCUT2D eigenvalue weighted by molar-refractivity contribution is 1.29. The van der Waals surface area contributed by atoms with Gasteiger partial charge in [0, 0.05) is 0 Å². The largest absolute Gasteiger partial charge is 0.338 e. The predicted octanol–water partition coefficient (Wildman–Crippen LogP) is 5.40. The number of imidazole rings is 1. The molecule has 0 unspecified atom stereocenters. The first kappa shape index (κ1) is 13.5. The van der Waals surface area contributed by atoms with E-state index in [9.17, 15) is 0 Å². The molecule has 110 valence electrons. The van der Waals surface area contributed by atoms with Crippen LogP contribution in [0.4, 0.5) is 0 Å². The van der Waals surface area contributed by atoms with Crippen molar-refractivity contribution in [1.29, 1.82) is 0 Å². The number of hydrogen-bond donors (Lipinski definition) is 1. The van der Waals surface area contributed by atoms with E-state index in [1.54, 1.807) is 0 Å². The van der Waals surface area contributed by atoms with E-state index in [4.69, 9.17) is 0 Å². The lowest BCUT2D eigenvalue weighted by Gasteiger charge is -2.01. The fourth-order valence-electron chi connectivity index (χ4n) is 2.64. The van der Waals surface area contributed by atoms with Crippen LogP contribution in [0.2, 0.25) is 0 Å². The van der Waals surface area contributed by atoms with Crippen LogP contribution in [0.15, 0.2) is 78.9 Å². The Bertz CT molecular complexity index is 915. The molecule has 0 aliphatic carbocycles. The SMILES string of the molecule is C(=C\c1nc2ccccc2[nH]1)/c1ccc(-c2ccccc2)cc1. The number of aromatic amines is 1. The molecule has 2 heteroatoms. The Morgan fingerprint density at radius 3 is 2.13 bits per heavy atom. The average molecular weight is 296 g/mol. The summed E-state index contributed by atoms with van der Waals surface area (Å²) >= 11 is 0. The molecule has 23 heavy (non-hydrogen) atoms. The van der Waals surface area contributed by atoms with E-state index in [-0.39, 0.29) is 0 Å². The average Bonchev–Trinajstić information content (AvgIpc) is 3.04. The predicted molar refractivity (Wildman–Crippen MR) is 96.9 cm³/mol. The highest BCUT2D eigenvalue weighted by atomic mass is 14.9. The van der Waals surface area contributed by atoms with Crippen molar-refractivity contribution in [2.75, 3.05) is 0 Å². The minimum Gasteiger partial charge on any atom is -0.338 e. The molecule has 3 aromatic carbocycles. The van der Waals surface area contributed by atoms with Crippen molar-refractivity contribution in [3.8, 4) is 11.1 Å². The van der Waals surface area contributed by atoms with Gasteiger partial charge in [-0.1, -0.05) is 72.8 Å². The molecule has 1 aromatic heterocycles. The number of nitrogens with one attached hydrogen (secondary N) is 1. The van der Waals surface area contributed by atoms with Gasteiger partial charge in [0.15, 0.2) is 0 Å². The molecular formula is C21H16N2. The fourth-order valence-corrected chi connectivity index (χ4v) is 2.64. The highest BCUT2D eigenvalue weighted by Gasteiger charge is 1.99. The van der Waals surface area contributed by atoms with E-state index < -0.39 is 0 Å². The second kappa shape index (κ2) is 5.93. The van der Waals surface area contributed by atoms with Crippen LogP contribution in [0.5, 0.6) is 0 Å². The second-order valence-electron chi connectivity index (χ2n) is 5.46. The van der Waals surface area contributed by atoms with E-state index in [2.05, 4.69) is 64.6 Å². The Morgan fingerprint density at radius 2 is 1.35 bits per heavy atom. The van der Waals surface area contributed by atoms with E-state index >= 15 is 0 Å². The maximum Gasteiger partial charge on any atom is 0.131 e. The maximum atomic E-state index is 4.55. The van der Waals surface area contributed by atoms with Crippen LogP contribution in [0.3, 0.4) is 0 Å². The lowest BCUT2D eigenvalue weighted by Crippen LogP contribution is -1.78. The number of para-hydroxylation sites is 2. The first-order chi connectivity index (χ1) is 11.4. The third-order valence-electron chi connectivity index (χ3n) is 3.86. The van der Waals surface area contributed by atoms with Crippen LogP contribution >= 0.6 is 0 Å². The van der Waals surface area contributed by atoms with Crippen molar-refractivity contribution < 1.29 is 0 Å². The summed E-state index contributed by atoms with van der Waals surface area (Å²) in [7, 11) is 0. The van der Waals surface area contributed by atoms with Gasteiger partial charge in [-0.15, -0.1) is 0 Å². The topological polar surface area (TPSA) is 28.7 Å². The number of rotatable bonds is 3. The molecule has 1 N–H and O–H groups in total. The summed E-state index contributed by atoms with van der Waals surface area (Å²) in [5, 5.41) is 0. The van der Waals surface area contributed by atoms with Gasteiger partial charge in [-0.25, -0.2) is 4.98 Å². The molecule has 0 atom stereocenters. The summed E-state index contributed by atoms with van der Waals surface area (Å²) in [6.45, 7) is 0. The Labute approximate surface area is 135 Å². The van der Waals surface area contributed by atoms with Crippen molar-refractivity contribution in [3.63, 3.8) is 0 Å². The molecule has 2 nitrogen and oxygen atoms in total.